The van der Waals surface area contributed by atoms with Crippen molar-refractivity contribution in [2.24, 2.45) is 0 Å². The van der Waals surface area contributed by atoms with E-state index in [0.717, 1.165) is 29.8 Å². The van der Waals surface area contributed by atoms with Crippen molar-refractivity contribution in [3.63, 3.8) is 0 Å². The lowest BCUT2D eigenvalue weighted by atomic mass is 9.90. The molecule has 0 atom stereocenters. The molecule has 0 unspecified atom stereocenters. The molecule has 0 fully saturated rings. The topological polar surface area (TPSA) is 26.0 Å². The molecule has 1 heterocycles. The zero-order valence-electron chi connectivity index (χ0n) is 16.9. The second-order valence-electron chi connectivity index (χ2n) is 8.23. The first-order valence-corrected chi connectivity index (χ1v) is 10.8. The Morgan fingerprint density at radius 1 is 0.677 bits per heavy atom. The Kier molecular flexibility index (Phi) is 3.42. The molecular weight excluding hydrogens is 378 g/mol. The molecule has 0 bridgehead atoms. The molecule has 0 saturated heterocycles. The third-order valence-electron chi connectivity index (χ3n) is 6.53. The Hall–Kier alpha value is -3.91. The van der Waals surface area contributed by atoms with Gasteiger partial charge in [-0.1, -0.05) is 78.9 Å². The van der Waals surface area contributed by atoms with Gasteiger partial charge < -0.3 is 4.42 Å². The zero-order valence-corrected chi connectivity index (χ0v) is 16.9. The average molecular weight is 397 g/mol. The lowest BCUT2D eigenvalue weighted by Crippen LogP contribution is -1.96. The van der Waals surface area contributed by atoms with E-state index in [0.29, 0.717) is 0 Å². The van der Waals surface area contributed by atoms with Crippen LogP contribution in [0.3, 0.4) is 0 Å². The normalized spacial score (nSPS) is 16.9. The van der Waals surface area contributed by atoms with Gasteiger partial charge in [0.1, 0.15) is 5.52 Å². The fourth-order valence-corrected chi connectivity index (χ4v) is 5.27. The number of aromatic nitrogens is 1. The van der Waals surface area contributed by atoms with E-state index in [1.807, 2.05) is 24.3 Å². The minimum absolute atomic E-state index is 0.734. The highest BCUT2D eigenvalue weighted by molar-refractivity contribution is 6.21. The minimum Gasteiger partial charge on any atom is -0.436 e. The van der Waals surface area contributed by atoms with Crippen LogP contribution in [-0.4, -0.2) is 4.98 Å². The number of hydrogen-bond acceptors (Lipinski definition) is 2. The van der Waals surface area contributed by atoms with Gasteiger partial charge >= 0.3 is 0 Å². The average Bonchev–Trinajstić information content (AvgIpc) is 3.49. The summed E-state index contributed by atoms with van der Waals surface area (Å²) < 4.78 is 6.32. The molecule has 1 aromatic heterocycles. The Labute approximate surface area is 180 Å². The van der Waals surface area contributed by atoms with Crippen LogP contribution in [-0.2, 0) is 0 Å². The van der Waals surface area contributed by atoms with E-state index in [1.165, 1.54) is 50.1 Å². The van der Waals surface area contributed by atoms with Gasteiger partial charge in [0.05, 0.1) is 0 Å². The van der Waals surface area contributed by atoms with E-state index in [1.54, 1.807) is 0 Å². The van der Waals surface area contributed by atoms with E-state index < -0.39 is 0 Å². The quantitative estimate of drug-likeness (QED) is 0.357. The van der Waals surface area contributed by atoms with Crippen LogP contribution in [0.2, 0.25) is 0 Å². The summed E-state index contributed by atoms with van der Waals surface area (Å²) in [6, 6.07) is 27.5. The summed E-state index contributed by atoms with van der Waals surface area (Å²) in [6.45, 7) is 0. The third-order valence-corrected chi connectivity index (χ3v) is 6.53. The fraction of sp³-hybridized carbons (Fsp3) is 0.0690. The SMILES string of the molecule is C1=CC2=C(CC1)C(c1nc3ccccc3o1)=C1C2=C(c2ccccc2)c2ccccc21. The summed E-state index contributed by atoms with van der Waals surface area (Å²) in [5.74, 6) is 0.734. The summed E-state index contributed by atoms with van der Waals surface area (Å²) in [5, 5.41) is 0. The van der Waals surface area contributed by atoms with Crippen LogP contribution in [0.1, 0.15) is 35.4 Å². The maximum absolute atomic E-state index is 6.32. The molecule has 7 rings (SSSR count). The van der Waals surface area contributed by atoms with Crippen molar-refractivity contribution in [2.45, 2.75) is 12.8 Å². The molecule has 3 aromatic carbocycles. The highest BCUT2D eigenvalue weighted by atomic mass is 16.3. The highest BCUT2D eigenvalue weighted by Crippen LogP contribution is 2.58. The number of nitrogens with zero attached hydrogens (tertiary/aromatic N) is 1. The molecule has 0 amide bonds. The van der Waals surface area contributed by atoms with Gasteiger partial charge in [0.2, 0.25) is 5.89 Å². The number of allylic oxidation sites excluding steroid dienone is 7. The molecule has 0 N–H and O–H groups in total. The van der Waals surface area contributed by atoms with Crippen molar-refractivity contribution < 1.29 is 4.42 Å². The maximum Gasteiger partial charge on any atom is 0.228 e. The Morgan fingerprint density at radius 3 is 2.26 bits per heavy atom. The predicted molar refractivity (Wildman–Crippen MR) is 125 cm³/mol. The van der Waals surface area contributed by atoms with E-state index >= 15 is 0 Å². The van der Waals surface area contributed by atoms with E-state index in [9.17, 15) is 0 Å². The fourth-order valence-electron chi connectivity index (χ4n) is 5.27. The number of rotatable bonds is 2. The van der Waals surface area contributed by atoms with Crippen molar-refractivity contribution in [1.82, 2.24) is 4.98 Å². The monoisotopic (exact) mass is 397 g/mol. The molecule has 31 heavy (non-hydrogen) atoms. The Bertz CT molecular complexity index is 1480. The van der Waals surface area contributed by atoms with Gasteiger partial charge in [-0.15, -0.1) is 0 Å². The van der Waals surface area contributed by atoms with Gasteiger partial charge in [-0.25, -0.2) is 4.98 Å². The molecule has 146 valence electrons. The van der Waals surface area contributed by atoms with Gasteiger partial charge in [0.25, 0.3) is 0 Å². The molecule has 2 nitrogen and oxygen atoms in total. The van der Waals surface area contributed by atoms with Crippen LogP contribution < -0.4 is 0 Å². The molecule has 0 aliphatic heterocycles. The minimum atomic E-state index is 0.734. The van der Waals surface area contributed by atoms with E-state index in [4.69, 9.17) is 9.40 Å². The van der Waals surface area contributed by atoms with Gasteiger partial charge in [-0.2, -0.15) is 0 Å². The maximum atomic E-state index is 6.32. The molecule has 0 saturated carbocycles. The van der Waals surface area contributed by atoms with Gasteiger partial charge in [0.15, 0.2) is 5.58 Å². The van der Waals surface area contributed by atoms with Crippen molar-refractivity contribution in [1.29, 1.82) is 0 Å². The molecule has 3 aliphatic carbocycles. The Balaban J connectivity index is 1.61. The zero-order chi connectivity index (χ0) is 20.4. The number of para-hydroxylation sites is 2. The van der Waals surface area contributed by atoms with E-state index in [-0.39, 0.29) is 0 Å². The summed E-state index contributed by atoms with van der Waals surface area (Å²) >= 11 is 0. The molecular formula is C29H19NO. The molecule has 0 radical (unpaired) electrons. The highest BCUT2D eigenvalue weighted by Gasteiger charge is 2.39. The molecule has 2 heteroatoms. The van der Waals surface area contributed by atoms with Crippen molar-refractivity contribution in [2.75, 3.05) is 0 Å². The lowest BCUT2D eigenvalue weighted by Gasteiger charge is -2.14. The molecule has 0 spiro atoms. The summed E-state index contributed by atoms with van der Waals surface area (Å²) in [5.41, 5.74) is 13.3. The molecule has 4 aromatic rings. The number of oxazole rings is 1. The number of fused-ring (bicyclic) bond motifs is 5. The van der Waals surface area contributed by atoms with Crippen LogP contribution in [0, 0.1) is 0 Å². The second kappa shape index (κ2) is 6.29. The lowest BCUT2D eigenvalue weighted by molar-refractivity contribution is 0.584. The summed E-state index contributed by atoms with van der Waals surface area (Å²) in [7, 11) is 0. The molecule has 3 aliphatic rings. The number of hydrogen-bond donors (Lipinski definition) is 0. The largest absolute Gasteiger partial charge is 0.436 e. The first-order chi connectivity index (χ1) is 15.4. The summed E-state index contributed by atoms with van der Waals surface area (Å²) in [4.78, 5) is 4.91. The van der Waals surface area contributed by atoms with Gasteiger partial charge in [-0.3, -0.25) is 0 Å². The van der Waals surface area contributed by atoms with E-state index in [2.05, 4.69) is 66.7 Å². The predicted octanol–water partition coefficient (Wildman–Crippen LogP) is 7.21. The van der Waals surface area contributed by atoms with Crippen LogP contribution in [0.5, 0.6) is 0 Å². The Morgan fingerprint density at radius 2 is 1.42 bits per heavy atom. The van der Waals surface area contributed by atoms with Gasteiger partial charge in [0, 0.05) is 11.1 Å². The smallest absolute Gasteiger partial charge is 0.228 e. The standard InChI is InChI=1S/C29H19NO/c1-2-10-18(11-3-1)25-19-12-4-5-13-20(19)27-26(25)21-14-6-7-15-22(21)28(27)29-30-23-16-8-9-17-24(23)31-29/h1-6,8-14,16-17H,7,15H2. The van der Waals surface area contributed by atoms with Crippen molar-refractivity contribution >= 4 is 27.8 Å². The first kappa shape index (κ1) is 16.8. The number of benzene rings is 3. The van der Waals surface area contributed by atoms with Crippen LogP contribution >= 0.6 is 0 Å². The summed E-state index contributed by atoms with van der Waals surface area (Å²) in [6.07, 6.45) is 6.66. The van der Waals surface area contributed by atoms with Crippen LogP contribution in [0.15, 0.2) is 112 Å². The van der Waals surface area contributed by atoms with Crippen LogP contribution in [0.25, 0.3) is 27.8 Å². The second-order valence-corrected chi connectivity index (χ2v) is 8.23. The third kappa shape index (κ3) is 2.30. The van der Waals surface area contributed by atoms with Crippen molar-refractivity contribution in [3.8, 4) is 0 Å². The van der Waals surface area contributed by atoms with Crippen molar-refractivity contribution in [3.05, 3.63) is 130 Å². The van der Waals surface area contributed by atoms with Gasteiger partial charge in [-0.05, 0) is 64.0 Å². The van der Waals surface area contributed by atoms with Crippen LogP contribution in [0.4, 0.5) is 0 Å². The first-order valence-electron chi connectivity index (χ1n) is 10.8.